The summed E-state index contributed by atoms with van der Waals surface area (Å²) in [5.41, 5.74) is 1.81. The summed E-state index contributed by atoms with van der Waals surface area (Å²) in [7, 11) is 1.51. The number of nitrogens with zero attached hydrogens (tertiary/aromatic N) is 2. The molecule has 0 atom stereocenters. The third-order valence-corrected chi connectivity index (χ3v) is 1.73. The van der Waals surface area contributed by atoms with Gasteiger partial charge >= 0.3 is 0 Å². The lowest BCUT2D eigenvalue weighted by Crippen LogP contribution is -1.84. The maximum absolute atomic E-state index is 4.57. The highest BCUT2D eigenvalue weighted by Gasteiger charge is 1.95. The Balaban J connectivity index is 2.42. The van der Waals surface area contributed by atoms with Crippen LogP contribution in [-0.4, -0.2) is 23.3 Å². The highest BCUT2D eigenvalue weighted by Crippen LogP contribution is 2.09. The van der Waals surface area contributed by atoms with Gasteiger partial charge in [-0.2, -0.15) is 0 Å². The van der Waals surface area contributed by atoms with Crippen LogP contribution in [-0.2, 0) is 4.84 Å². The number of hydrogen-bond donors (Lipinski definition) is 1. The summed E-state index contributed by atoms with van der Waals surface area (Å²) in [4.78, 5) is 11.8. The number of fused-ring (bicyclic) bond motifs is 1. The standard InChI is InChI=1S/C9H9N3O/c1-13-12-6-7-4-8-2-3-10-9(8)11-5-7/h2-6H,1H3,(H,10,11). The second-order valence-corrected chi connectivity index (χ2v) is 2.60. The molecule has 0 aliphatic heterocycles. The summed E-state index contributed by atoms with van der Waals surface area (Å²) in [6.07, 6.45) is 5.22. The molecule has 0 aromatic carbocycles. The Morgan fingerprint density at radius 3 is 3.38 bits per heavy atom. The molecule has 1 N–H and O–H groups in total. The summed E-state index contributed by atoms with van der Waals surface area (Å²) < 4.78 is 0. The molecule has 0 spiro atoms. The molecule has 2 aromatic heterocycles. The Hall–Kier alpha value is -1.84. The van der Waals surface area contributed by atoms with Crippen molar-refractivity contribution in [1.29, 1.82) is 0 Å². The first-order valence-corrected chi connectivity index (χ1v) is 3.90. The van der Waals surface area contributed by atoms with Crippen LogP contribution < -0.4 is 0 Å². The molecule has 2 aromatic rings. The number of nitrogens with one attached hydrogen (secondary N) is 1. The van der Waals surface area contributed by atoms with Gasteiger partial charge in [0.25, 0.3) is 0 Å². The summed E-state index contributed by atoms with van der Waals surface area (Å²) in [6.45, 7) is 0. The van der Waals surface area contributed by atoms with E-state index in [9.17, 15) is 0 Å². The van der Waals surface area contributed by atoms with Crippen molar-refractivity contribution < 1.29 is 4.84 Å². The van der Waals surface area contributed by atoms with Crippen molar-refractivity contribution in [3.05, 3.63) is 30.1 Å². The fourth-order valence-electron chi connectivity index (χ4n) is 1.14. The number of hydrogen-bond acceptors (Lipinski definition) is 3. The highest BCUT2D eigenvalue weighted by molar-refractivity contribution is 5.86. The van der Waals surface area contributed by atoms with E-state index in [4.69, 9.17) is 0 Å². The molecular weight excluding hydrogens is 166 g/mol. The minimum atomic E-state index is 0.884. The SMILES string of the molecule is CON=Cc1cnc2[nH]ccc2c1. The molecule has 0 saturated carbocycles. The van der Waals surface area contributed by atoms with Crippen molar-refractivity contribution in [2.24, 2.45) is 5.16 Å². The van der Waals surface area contributed by atoms with E-state index in [0.29, 0.717) is 0 Å². The molecule has 4 heteroatoms. The molecule has 0 radical (unpaired) electrons. The maximum Gasteiger partial charge on any atom is 0.137 e. The Morgan fingerprint density at radius 2 is 2.54 bits per heavy atom. The molecule has 0 aliphatic carbocycles. The van der Waals surface area contributed by atoms with Crippen LogP contribution in [0.3, 0.4) is 0 Å². The number of rotatable bonds is 2. The number of oxime groups is 1. The lowest BCUT2D eigenvalue weighted by atomic mass is 10.2. The Bertz CT molecular complexity index is 433. The maximum atomic E-state index is 4.57. The van der Waals surface area contributed by atoms with Gasteiger partial charge in [0, 0.05) is 23.3 Å². The van der Waals surface area contributed by atoms with E-state index in [0.717, 1.165) is 16.6 Å². The molecule has 0 saturated heterocycles. The average molecular weight is 175 g/mol. The fourth-order valence-corrected chi connectivity index (χ4v) is 1.14. The zero-order chi connectivity index (χ0) is 9.10. The van der Waals surface area contributed by atoms with Crippen LogP contribution >= 0.6 is 0 Å². The van der Waals surface area contributed by atoms with Crippen LogP contribution in [0.4, 0.5) is 0 Å². The Labute approximate surface area is 75.2 Å². The monoisotopic (exact) mass is 175 g/mol. The first kappa shape index (κ1) is 7.79. The largest absolute Gasteiger partial charge is 0.399 e. The number of H-pyrrole nitrogens is 1. The normalized spacial score (nSPS) is 11.2. The number of pyridine rings is 1. The van der Waals surface area contributed by atoms with Crippen LogP contribution in [0.5, 0.6) is 0 Å². The van der Waals surface area contributed by atoms with Gasteiger partial charge < -0.3 is 9.82 Å². The Morgan fingerprint density at radius 1 is 1.62 bits per heavy atom. The third kappa shape index (κ3) is 1.51. The first-order chi connectivity index (χ1) is 6.40. The van der Waals surface area contributed by atoms with Crippen molar-refractivity contribution in [2.75, 3.05) is 7.11 Å². The number of aromatic amines is 1. The molecule has 4 nitrogen and oxygen atoms in total. The molecule has 0 bridgehead atoms. The topological polar surface area (TPSA) is 50.3 Å². The molecule has 0 aliphatic rings. The van der Waals surface area contributed by atoms with Crippen LogP contribution in [0, 0.1) is 0 Å². The van der Waals surface area contributed by atoms with Gasteiger partial charge in [-0.05, 0) is 12.1 Å². The van der Waals surface area contributed by atoms with Gasteiger partial charge in [0.15, 0.2) is 0 Å². The summed E-state index contributed by atoms with van der Waals surface area (Å²) >= 11 is 0. The second-order valence-electron chi connectivity index (χ2n) is 2.60. The van der Waals surface area contributed by atoms with E-state index < -0.39 is 0 Å². The molecule has 66 valence electrons. The fraction of sp³-hybridized carbons (Fsp3) is 0.111. The third-order valence-electron chi connectivity index (χ3n) is 1.73. The van der Waals surface area contributed by atoms with Gasteiger partial charge in [-0.15, -0.1) is 0 Å². The molecule has 2 rings (SSSR count). The van der Waals surface area contributed by atoms with E-state index in [1.807, 2.05) is 18.3 Å². The van der Waals surface area contributed by atoms with E-state index in [1.54, 1.807) is 12.4 Å². The van der Waals surface area contributed by atoms with E-state index in [1.165, 1.54) is 7.11 Å². The zero-order valence-corrected chi connectivity index (χ0v) is 7.19. The quantitative estimate of drug-likeness (QED) is 0.556. The molecule has 13 heavy (non-hydrogen) atoms. The smallest absolute Gasteiger partial charge is 0.137 e. The minimum absolute atomic E-state index is 0.884. The van der Waals surface area contributed by atoms with Crippen molar-refractivity contribution in [2.45, 2.75) is 0 Å². The van der Waals surface area contributed by atoms with Crippen LogP contribution in [0.25, 0.3) is 11.0 Å². The molecule has 0 fully saturated rings. The van der Waals surface area contributed by atoms with Gasteiger partial charge in [0.05, 0.1) is 6.21 Å². The molecule has 2 heterocycles. The van der Waals surface area contributed by atoms with Gasteiger partial charge in [0.2, 0.25) is 0 Å². The predicted octanol–water partition coefficient (Wildman–Crippen LogP) is 1.54. The zero-order valence-electron chi connectivity index (χ0n) is 7.19. The van der Waals surface area contributed by atoms with Gasteiger partial charge in [0.1, 0.15) is 12.8 Å². The Kier molecular flexibility index (Phi) is 1.96. The average Bonchev–Trinajstić information content (AvgIpc) is 2.61. The van der Waals surface area contributed by atoms with Crippen LogP contribution in [0.2, 0.25) is 0 Å². The van der Waals surface area contributed by atoms with Crippen molar-refractivity contribution in [3.8, 4) is 0 Å². The highest BCUT2D eigenvalue weighted by atomic mass is 16.6. The van der Waals surface area contributed by atoms with E-state index >= 15 is 0 Å². The van der Waals surface area contributed by atoms with Crippen LogP contribution in [0.1, 0.15) is 5.56 Å². The predicted molar refractivity (Wildman–Crippen MR) is 50.7 cm³/mol. The lowest BCUT2D eigenvalue weighted by Gasteiger charge is -1.92. The van der Waals surface area contributed by atoms with Crippen molar-refractivity contribution in [3.63, 3.8) is 0 Å². The van der Waals surface area contributed by atoms with Gasteiger partial charge in [-0.1, -0.05) is 5.16 Å². The number of aromatic nitrogens is 2. The lowest BCUT2D eigenvalue weighted by molar-refractivity contribution is 0.215. The summed E-state index contributed by atoms with van der Waals surface area (Å²) in [6, 6.07) is 3.95. The van der Waals surface area contributed by atoms with E-state index in [2.05, 4.69) is 20.0 Å². The summed E-state index contributed by atoms with van der Waals surface area (Å²) in [5.74, 6) is 0. The van der Waals surface area contributed by atoms with Crippen molar-refractivity contribution >= 4 is 17.2 Å². The van der Waals surface area contributed by atoms with E-state index in [-0.39, 0.29) is 0 Å². The second kappa shape index (κ2) is 3.26. The van der Waals surface area contributed by atoms with Gasteiger partial charge in [-0.25, -0.2) is 4.98 Å². The molecule has 0 amide bonds. The molecular formula is C9H9N3O. The minimum Gasteiger partial charge on any atom is -0.399 e. The first-order valence-electron chi connectivity index (χ1n) is 3.90. The van der Waals surface area contributed by atoms with Gasteiger partial charge in [-0.3, -0.25) is 0 Å². The van der Waals surface area contributed by atoms with Crippen LogP contribution in [0.15, 0.2) is 29.7 Å². The van der Waals surface area contributed by atoms with Crippen molar-refractivity contribution in [1.82, 2.24) is 9.97 Å². The molecule has 0 unspecified atom stereocenters. The summed E-state index contributed by atoms with van der Waals surface area (Å²) in [5, 5.41) is 4.73.